The lowest BCUT2D eigenvalue weighted by molar-refractivity contribution is 0.307. The lowest BCUT2D eigenvalue weighted by Gasteiger charge is -2.27. The molecule has 2 nitrogen and oxygen atoms in total. The summed E-state index contributed by atoms with van der Waals surface area (Å²) in [7, 11) is 2.01. The number of amidine groups is 1. The quantitative estimate of drug-likeness (QED) is 0.481. The number of likely N-dealkylation sites (N-methyl/N-ethyl adjacent to an activating group) is 1. The summed E-state index contributed by atoms with van der Waals surface area (Å²) in [4.78, 5) is 6.19. The molecule has 13 heavy (non-hydrogen) atoms. The Morgan fingerprint density at radius 2 is 1.92 bits per heavy atom. The fraction of sp³-hybridized carbons (Fsp3) is 0.545. The van der Waals surface area contributed by atoms with Gasteiger partial charge in [0.15, 0.2) is 0 Å². The Balaban J connectivity index is 4.39. The number of aliphatic imine (C=N–C) groups is 1. The maximum atomic E-state index is 4.12. The second kappa shape index (κ2) is 4.85. The van der Waals surface area contributed by atoms with Crippen LogP contribution >= 0.6 is 0 Å². The van der Waals surface area contributed by atoms with E-state index in [2.05, 4.69) is 43.8 Å². The molecule has 0 saturated heterocycles. The van der Waals surface area contributed by atoms with Crippen molar-refractivity contribution in [2.45, 2.75) is 20.8 Å². The average Bonchev–Trinajstić information content (AvgIpc) is 1.96. The minimum Gasteiger partial charge on any atom is -0.359 e. The lowest BCUT2D eigenvalue weighted by Crippen LogP contribution is -2.33. The van der Waals surface area contributed by atoms with Crippen molar-refractivity contribution in [1.82, 2.24) is 4.90 Å². The smallest absolute Gasteiger partial charge is 0.127 e. The van der Waals surface area contributed by atoms with Gasteiger partial charge in [-0.2, -0.15) is 0 Å². The van der Waals surface area contributed by atoms with Gasteiger partial charge in [0.05, 0.1) is 0 Å². The number of nitrogens with zero attached hydrogens (tertiary/aromatic N) is 2. The highest BCUT2D eigenvalue weighted by Crippen LogP contribution is 2.14. The summed E-state index contributed by atoms with van der Waals surface area (Å²) in [6.45, 7) is 14.8. The molecule has 0 aromatic heterocycles. The first-order chi connectivity index (χ1) is 5.90. The summed E-state index contributed by atoms with van der Waals surface area (Å²) in [6.07, 6.45) is 3.28. The van der Waals surface area contributed by atoms with Crippen LogP contribution in [0, 0.1) is 5.41 Å². The minimum atomic E-state index is 0.264. The molecule has 0 atom stereocenters. The molecule has 0 fully saturated rings. The van der Waals surface area contributed by atoms with Gasteiger partial charge >= 0.3 is 0 Å². The van der Waals surface area contributed by atoms with Crippen molar-refractivity contribution >= 4 is 5.84 Å². The fourth-order valence-electron chi connectivity index (χ4n) is 1.19. The van der Waals surface area contributed by atoms with Crippen LogP contribution in [-0.2, 0) is 0 Å². The molecule has 0 bridgehead atoms. The number of hydrogen-bond donors (Lipinski definition) is 0. The van der Waals surface area contributed by atoms with Gasteiger partial charge in [0, 0.05) is 19.8 Å². The standard InChI is InChI=1S/C11H20N2/c1-7-10(12-8-2)13(6)9-11(3,4)5/h7-8H,1-2,9H2,3-6H3/b12-10-. The topological polar surface area (TPSA) is 15.6 Å². The molecular weight excluding hydrogens is 160 g/mol. The molecule has 0 amide bonds. The van der Waals surface area contributed by atoms with Crippen molar-refractivity contribution in [3.63, 3.8) is 0 Å². The highest BCUT2D eigenvalue weighted by Gasteiger charge is 2.14. The third kappa shape index (κ3) is 5.23. The summed E-state index contributed by atoms with van der Waals surface area (Å²) in [5.41, 5.74) is 0.264. The van der Waals surface area contributed by atoms with Crippen LogP contribution in [0.15, 0.2) is 30.4 Å². The van der Waals surface area contributed by atoms with E-state index in [1.165, 1.54) is 6.20 Å². The zero-order valence-electron chi connectivity index (χ0n) is 9.17. The van der Waals surface area contributed by atoms with Crippen molar-refractivity contribution in [2.24, 2.45) is 10.4 Å². The van der Waals surface area contributed by atoms with Crippen molar-refractivity contribution in [3.8, 4) is 0 Å². The second-order valence-electron chi connectivity index (χ2n) is 4.29. The van der Waals surface area contributed by atoms with Crippen LogP contribution in [0.2, 0.25) is 0 Å². The van der Waals surface area contributed by atoms with Gasteiger partial charge in [-0.15, -0.1) is 0 Å². The van der Waals surface area contributed by atoms with Crippen LogP contribution in [0.25, 0.3) is 0 Å². The molecule has 0 aliphatic carbocycles. The van der Waals surface area contributed by atoms with Gasteiger partial charge in [-0.25, -0.2) is 4.99 Å². The Morgan fingerprint density at radius 3 is 2.23 bits per heavy atom. The SMILES string of the molecule is C=C/N=C(/C=C)N(C)CC(C)(C)C. The van der Waals surface area contributed by atoms with Crippen LogP contribution in [0.5, 0.6) is 0 Å². The van der Waals surface area contributed by atoms with Crippen LogP contribution in [-0.4, -0.2) is 24.3 Å². The van der Waals surface area contributed by atoms with Crippen LogP contribution in [0.3, 0.4) is 0 Å². The first kappa shape index (κ1) is 11.9. The van der Waals surface area contributed by atoms with E-state index in [1.807, 2.05) is 7.05 Å². The Bertz CT molecular complexity index is 209. The second-order valence-corrected chi connectivity index (χ2v) is 4.29. The van der Waals surface area contributed by atoms with Crippen molar-refractivity contribution < 1.29 is 0 Å². The maximum Gasteiger partial charge on any atom is 0.127 e. The third-order valence-electron chi connectivity index (χ3n) is 1.51. The summed E-state index contributed by atoms with van der Waals surface area (Å²) < 4.78 is 0. The van der Waals surface area contributed by atoms with E-state index in [9.17, 15) is 0 Å². The Hall–Kier alpha value is -1.05. The maximum absolute atomic E-state index is 4.12. The van der Waals surface area contributed by atoms with E-state index in [0.717, 1.165) is 12.4 Å². The summed E-state index contributed by atoms with van der Waals surface area (Å²) >= 11 is 0. The third-order valence-corrected chi connectivity index (χ3v) is 1.51. The Morgan fingerprint density at radius 1 is 1.38 bits per heavy atom. The molecule has 74 valence electrons. The predicted octanol–water partition coefficient (Wildman–Crippen LogP) is 2.69. The zero-order chi connectivity index (χ0) is 10.5. The van der Waals surface area contributed by atoms with Crippen LogP contribution in [0.1, 0.15) is 20.8 Å². The predicted molar refractivity (Wildman–Crippen MR) is 59.9 cm³/mol. The minimum absolute atomic E-state index is 0.264. The van der Waals surface area contributed by atoms with Crippen molar-refractivity contribution in [2.75, 3.05) is 13.6 Å². The Kier molecular flexibility index (Phi) is 4.46. The molecule has 0 aromatic rings. The fourth-order valence-corrected chi connectivity index (χ4v) is 1.19. The van der Waals surface area contributed by atoms with E-state index in [4.69, 9.17) is 0 Å². The largest absolute Gasteiger partial charge is 0.359 e. The van der Waals surface area contributed by atoms with Crippen LogP contribution < -0.4 is 0 Å². The van der Waals surface area contributed by atoms with Gasteiger partial charge < -0.3 is 4.90 Å². The van der Waals surface area contributed by atoms with E-state index in [1.54, 1.807) is 6.08 Å². The molecule has 0 saturated carbocycles. The van der Waals surface area contributed by atoms with E-state index in [-0.39, 0.29) is 5.41 Å². The molecule has 0 N–H and O–H groups in total. The van der Waals surface area contributed by atoms with E-state index in [0.29, 0.717) is 0 Å². The van der Waals surface area contributed by atoms with Gasteiger partial charge in [0.25, 0.3) is 0 Å². The van der Waals surface area contributed by atoms with Gasteiger partial charge in [-0.05, 0) is 11.5 Å². The molecule has 0 aliphatic heterocycles. The Labute approximate surface area is 81.7 Å². The van der Waals surface area contributed by atoms with Crippen LogP contribution in [0.4, 0.5) is 0 Å². The van der Waals surface area contributed by atoms with Gasteiger partial charge in [0.2, 0.25) is 0 Å². The first-order valence-corrected chi connectivity index (χ1v) is 4.43. The average molecular weight is 180 g/mol. The summed E-state index contributed by atoms with van der Waals surface area (Å²) in [5, 5.41) is 0. The molecule has 0 rings (SSSR count). The monoisotopic (exact) mass is 180 g/mol. The van der Waals surface area contributed by atoms with Crippen molar-refractivity contribution in [1.29, 1.82) is 0 Å². The van der Waals surface area contributed by atoms with Gasteiger partial charge in [-0.3, -0.25) is 0 Å². The van der Waals surface area contributed by atoms with Crippen molar-refractivity contribution in [3.05, 3.63) is 25.4 Å². The first-order valence-electron chi connectivity index (χ1n) is 4.43. The molecule has 0 heterocycles. The number of rotatable bonds is 3. The highest BCUT2D eigenvalue weighted by atomic mass is 15.2. The molecule has 0 radical (unpaired) electrons. The molecule has 0 spiro atoms. The highest BCUT2D eigenvalue weighted by molar-refractivity contribution is 5.92. The zero-order valence-corrected chi connectivity index (χ0v) is 9.17. The molecule has 0 aromatic carbocycles. The summed E-state index contributed by atoms with van der Waals surface area (Å²) in [6, 6.07) is 0. The molecule has 0 aliphatic rings. The van der Waals surface area contributed by atoms with Gasteiger partial charge in [0.1, 0.15) is 5.84 Å². The normalized spacial score (nSPS) is 12.5. The molecule has 2 heteroatoms. The number of hydrogen-bond acceptors (Lipinski definition) is 1. The molecule has 0 unspecified atom stereocenters. The van der Waals surface area contributed by atoms with E-state index < -0.39 is 0 Å². The molecular formula is C11H20N2. The van der Waals surface area contributed by atoms with Gasteiger partial charge in [-0.1, -0.05) is 33.9 Å². The van der Waals surface area contributed by atoms with E-state index >= 15 is 0 Å². The summed E-state index contributed by atoms with van der Waals surface area (Å²) in [5.74, 6) is 0.866. The lowest BCUT2D eigenvalue weighted by atomic mass is 9.96.